The van der Waals surface area contributed by atoms with Crippen molar-refractivity contribution >= 4 is 27.7 Å². The van der Waals surface area contributed by atoms with Crippen LogP contribution in [0.25, 0.3) is 21.8 Å². The molecule has 0 bridgehead atoms. The first-order valence-corrected chi connectivity index (χ1v) is 10.6. The van der Waals surface area contributed by atoms with Crippen LogP contribution in [0, 0.1) is 11.6 Å². The van der Waals surface area contributed by atoms with Gasteiger partial charge >= 0.3 is 0 Å². The number of aromatic nitrogens is 4. The van der Waals surface area contributed by atoms with Gasteiger partial charge in [0, 0.05) is 12.1 Å². The Kier molecular flexibility index (Phi) is 5.59. The minimum Gasteiger partial charge on any atom is -0.350 e. The van der Waals surface area contributed by atoms with E-state index in [0.717, 1.165) is 28.5 Å². The van der Waals surface area contributed by atoms with E-state index in [1.807, 2.05) is 42.5 Å². The van der Waals surface area contributed by atoms with E-state index in [-0.39, 0.29) is 24.2 Å². The molecule has 2 aromatic heterocycles. The molecule has 1 amide bonds. The summed E-state index contributed by atoms with van der Waals surface area (Å²) in [5, 5.41) is 9.39. The molecule has 7 nitrogen and oxygen atoms in total. The van der Waals surface area contributed by atoms with Crippen molar-refractivity contribution in [1.29, 1.82) is 0 Å². The second kappa shape index (κ2) is 8.86. The van der Waals surface area contributed by atoms with E-state index in [1.54, 1.807) is 4.57 Å². The van der Waals surface area contributed by atoms with Gasteiger partial charge in [0.1, 0.15) is 11.7 Å². The summed E-state index contributed by atoms with van der Waals surface area (Å²) in [6.07, 6.45) is 2.95. The van der Waals surface area contributed by atoms with Crippen molar-refractivity contribution in [2.75, 3.05) is 6.54 Å². The molecule has 170 valence electrons. The minimum atomic E-state index is -1.09. The second-order valence-electron chi connectivity index (χ2n) is 7.81. The van der Waals surface area contributed by atoms with Gasteiger partial charge in [-0.2, -0.15) is 5.10 Å². The number of rotatable bonds is 6. The average Bonchev–Trinajstić information content (AvgIpc) is 3.26. The van der Waals surface area contributed by atoms with Crippen molar-refractivity contribution in [3.63, 3.8) is 0 Å². The predicted octanol–water partition coefficient (Wildman–Crippen LogP) is 3.50. The molecule has 0 spiro atoms. The molecule has 2 heterocycles. The molecular formula is C25H19F2N5O2. The van der Waals surface area contributed by atoms with Crippen LogP contribution in [-0.2, 0) is 13.1 Å². The maximum absolute atomic E-state index is 13.3. The molecule has 9 heteroatoms. The lowest BCUT2D eigenvalue weighted by atomic mass is 10.0. The zero-order valence-corrected chi connectivity index (χ0v) is 17.9. The largest absolute Gasteiger partial charge is 0.350 e. The minimum absolute atomic E-state index is 0.0127. The van der Waals surface area contributed by atoms with Crippen LogP contribution in [0.3, 0.4) is 0 Å². The molecule has 0 saturated heterocycles. The molecular weight excluding hydrogens is 440 g/mol. The van der Waals surface area contributed by atoms with Crippen LogP contribution in [0.5, 0.6) is 0 Å². The molecule has 0 unspecified atom stereocenters. The van der Waals surface area contributed by atoms with Crippen LogP contribution >= 0.6 is 0 Å². The summed E-state index contributed by atoms with van der Waals surface area (Å²) in [7, 11) is 0. The Labute approximate surface area is 192 Å². The number of amides is 1. The monoisotopic (exact) mass is 459 g/mol. The van der Waals surface area contributed by atoms with Crippen molar-refractivity contribution in [3.05, 3.63) is 106 Å². The summed E-state index contributed by atoms with van der Waals surface area (Å²) in [5.41, 5.74) is 1.21. The Morgan fingerprint density at radius 3 is 2.65 bits per heavy atom. The topological polar surface area (TPSA) is 81.8 Å². The molecule has 34 heavy (non-hydrogen) atoms. The van der Waals surface area contributed by atoms with Gasteiger partial charge in [0.05, 0.1) is 19.3 Å². The second-order valence-corrected chi connectivity index (χ2v) is 7.81. The first kappa shape index (κ1) is 21.4. The third-order valence-electron chi connectivity index (χ3n) is 5.63. The van der Waals surface area contributed by atoms with Gasteiger partial charge in [-0.15, -0.1) is 0 Å². The maximum atomic E-state index is 13.3. The molecule has 0 aliphatic heterocycles. The maximum Gasteiger partial charge on any atom is 0.264 e. The average molecular weight is 459 g/mol. The highest BCUT2D eigenvalue weighted by Gasteiger charge is 2.13. The van der Waals surface area contributed by atoms with Gasteiger partial charge in [-0.3, -0.25) is 14.2 Å². The van der Waals surface area contributed by atoms with E-state index >= 15 is 0 Å². The lowest BCUT2D eigenvalue weighted by Gasteiger charge is -2.09. The van der Waals surface area contributed by atoms with Crippen LogP contribution in [-0.4, -0.2) is 31.8 Å². The molecule has 0 fully saturated rings. The van der Waals surface area contributed by atoms with E-state index in [0.29, 0.717) is 17.6 Å². The number of nitrogens with zero attached hydrogens (tertiary/aromatic N) is 4. The zero-order valence-electron chi connectivity index (χ0n) is 17.9. The van der Waals surface area contributed by atoms with Gasteiger partial charge in [0.15, 0.2) is 17.3 Å². The Morgan fingerprint density at radius 2 is 1.79 bits per heavy atom. The lowest BCUT2D eigenvalue weighted by molar-refractivity contribution is 0.0951. The third-order valence-corrected chi connectivity index (χ3v) is 5.63. The first-order chi connectivity index (χ1) is 16.5. The molecule has 5 rings (SSSR count). The van der Waals surface area contributed by atoms with Crippen molar-refractivity contribution in [3.8, 4) is 0 Å². The Morgan fingerprint density at radius 1 is 0.971 bits per heavy atom. The summed E-state index contributed by atoms with van der Waals surface area (Å²) in [4.78, 5) is 29.6. The van der Waals surface area contributed by atoms with Crippen LogP contribution in [0.2, 0.25) is 0 Å². The van der Waals surface area contributed by atoms with Crippen LogP contribution in [0.4, 0.5) is 8.78 Å². The Bertz CT molecular complexity index is 1590. The Balaban J connectivity index is 1.32. The number of fused-ring (bicyclic) bond motifs is 2. The normalized spacial score (nSPS) is 11.2. The summed E-state index contributed by atoms with van der Waals surface area (Å²) < 4.78 is 29.4. The van der Waals surface area contributed by atoms with E-state index in [4.69, 9.17) is 0 Å². The number of halogens is 2. The molecule has 0 radical (unpaired) electrons. The van der Waals surface area contributed by atoms with E-state index < -0.39 is 17.5 Å². The molecule has 0 aliphatic rings. The first-order valence-electron chi connectivity index (χ1n) is 10.6. The van der Waals surface area contributed by atoms with Gasteiger partial charge in [0.25, 0.3) is 11.5 Å². The molecule has 0 atom stereocenters. The van der Waals surface area contributed by atoms with Crippen molar-refractivity contribution in [2.24, 2.45) is 0 Å². The van der Waals surface area contributed by atoms with Crippen LogP contribution < -0.4 is 10.9 Å². The number of hydrogen-bond donors (Lipinski definition) is 1. The summed E-state index contributed by atoms with van der Waals surface area (Å²) in [6.45, 7) is 0.784. The number of carbonyl (C=O) groups excluding carboxylic acids is 1. The quantitative estimate of drug-likeness (QED) is 0.421. The van der Waals surface area contributed by atoms with E-state index in [1.165, 1.54) is 23.3 Å². The van der Waals surface area contributed by atoms with E-state index in [9.17, 15) is 18.4 Å². The fraction of sp³-hybridized carbons (Fsp3) is 0.120. The molecule has 3 aromatic carbocycles. The number of carbonyl (C=O) groups is 1. The number of nitrogens with one attached hydrogen (secondary N) is 1. The number of hydrogen-bond acceptors (Lipinski definition) is 4. The third kappa shape index (κ3) is 4.03. The SMILES string of the molecule is O=C(NCCn1ncc2c(=O)n(Cc3cccc4ccccc34)cnc21)c1ccc(F)c(F)c1. The van der Waals surface area contributed by atoms with Gasteiger partial charge in [-0.1, -0.05) is 42.5 Å². The Hall–Kier alpha value is -4.40. The molecule has 0 saturated carbocycles. The molecule has 1 N–H and O–H groups in total. The highest BCUT2D eigenvalue weighted by molar-refractivity contribution is 5.94. The summed E-state index contributed by atoms with van der Waals surface area (Å²) >= 11 is 0. The zero-order chi connectivity index (χ0) is 23.7. The smallest absolute Gasteiger partial charge is 0.264 e. The molecule has 0 aliphatic carbocycles. The van der Waals surface area contributed by atoms with Gasteiger partial charge in [0.2, 0.25) is 0 Å². The fourth-order valence-corrected chi connectivity index (χ4v) is 3.90. The predicted molar refractivity (Wildman–Crippen MR) is 124 cm³/mol. The van der Waals surface area contributed by atoms with Crippen molar-refractivity contribution in [2.45, 2.75) is 13.1 Å². The van der Waals surface area contributed by atoms with Crippen LogP contribution in [0.15, 0.2) is 78.0 Å². The molecule has 5 aromatic rings. The summed E-state index contributed by atoms with van der Waals surface area (Å²) in [5.74, 6) is -2.65. The lowest BCUT2D eigenvalue weighted by Crippen LogP contribution is -2.28. The van der Waals surface area contributed by atoms with Gasteiger partial charge < -0.3 is 5.32 Å². The van der Waals surface area contributed by atoms with Crippen LogP contribution in [0.1, 0.15) is 15.9 Å². The van der Waals surface area contributed by atoms with Crippen molar-refractivity contribution in [1.82, 2.24) is 24.6 Å². The summed E-state index contributed by atoms with van der Waals surface area (Å²) in [6, 6.07) is 16.9. The van der Waals surface area contributed by atoms with Gasteiger partial charge in [-0.25, -0.2) is 18.4 Å². The van der Waals surface area contributed by atoms with Crippen molar-refractivity contribution < 1.29 is 13.6 Å². The highest BCUT2D eigenvalue weighted by Crippen LogP contribution is 2.19. The van der Waals surface area contributed by atoms with E-state index in [2.05, 4.69) is 15.4 Å². The number of benzene rings is 3. The highest BCUT2D eigenvalue weighted by atomic mass is 19.2. The van der Waals surface area contributed by atoms with Gasteiger partial charge in [-0.05, 0) is 34.5 Å². The standard InChI is InChI=1S/C25H19F2N5O2/c26-21-9-8-17(12-22(21)27)24(33)28-10-11-32-23-20(13-30-32)25(34)31(15-29-23)14-18-6-3-5-16-4-1-2-7-19(16)18/h1-9,12-13,15H,10-11,14H2,(H,28,33). The fourth-order valence-electron chi connectivity index (χ4n) is 3.90.